The largest absolute Gasteiger partial charge is 0.480 e. The van der Waals surface area contributed by atoms with E-state index >= 15 is 0 Å². The van der Waals surface area contributed by atoms with Crippen LogP contribution < -0.4 is 5.32 Å². The molecule has 0 saturated heterocycles. The first-order chi connectivity index (χ1) is 9.66. The number of carboxylic acid groups (broad SMARTS) is 1. The second-order valence-corrected chi connectivity index (χ2v) is 7.17. The molecule has 2 amide bonds. The Morgan fingerprint density at radius 2 is 1.90 bits per heavy atom. The van der Waals surface area contributed by atoms with Gasteiger partial charge in [-0.3, -0.25) is 9.59 Å². The van der Waals surface area contributed by atoms with E-state index in [-0.39, 0.29) is 6.04 Å². The van der Waals surface area contributed by atoms with Crippen molar-refractivity contribution in [2.24, 2.45) is 0 Å². The minimum absolute atomic E-state index is 0.100. The van der Waals surface area contributed by atoms with Gasteiger partial charge in [-0.25, -0.2) is 13.2 Å². The van der Waals surface area contributed by atoms with Gasteiger partial charge in [0.15, 0.2) is 9.84 Å². The molecule has 0 aromatic heterocycles. The van der Waals surface area contributed by atoms with Gasteiger partial charge in [0.1, 0.15) is 11.8 Å². The lowest BCUT2D eigenvalue weighted by molar-refractivity contribution is -0.140. The average Bonchev–Trinajstić information content (AvgIpc) is 3.11. The quantitative estimate of drug-likeness (QED) is 0.592. The van der Waals surface area contributed by atoms with Crippen LogP contribution in [0.5, 0.6) is 0 Å². The van der Waals surface area contributed by atoms with Crippen molar-refractivity contribution in [2.75, 3.05) is 18.1 Å². The fourth-order valence-corrected chi connectivity index (χ4v) is 3.42. The van der Waals surface area contributed by atoms with E-state index in [2.05, 4.69) is 0 Å². The molecular formula is C12H20N2O6S. The van der Waals surface area contributed by atoms with Crippen molar-refractivity contribution >= 4 is 27.6 Å². The third-order valence-electron chi connectivity index (χ3n) is 3.09. The second kappa shape index (κ2) is 6.88. The minimum Gasteiger partial charge on any atom is -0.480 e. The van der Waals surface area contributed by atoms with Crippen molar-refractivity contribution < 1.29 is 27.9 Å². The monoisotopic (exact) mass is 320 g/mol. The summed E-state index contributed by atoms with van der Waals surface area (Å²) in [5.41, 5.74) is 0. The lowest BCUT2D eigenvalue weighted by atomic mass is 10.3. The highest BCUT2D eigenvalue weighted by molar-refractivity contribution is 7.92. The van der Waals surface area contributed by atoms with E-state index in [9.17, 15) is 22.8 Å². The molecule has 0 heterocycles. The Kier molecular flexibility index (Phi) is 5.70. The van der Waals surface area contributed by atoms with E-state index in [4.69, 9.17) is 5.11 Å². The molecule has 1 rings (SSSR count). The highest BCUT2D eigenvalue weighted by Crippen LogP contribution is 2.26. The molecule has 1 unspecified atom stereocenters. The van der Waals surface area contributed by atoms with Crippen molar-refractivity contribution in [3.63, 3.8) is 0 Å². The number of amides is 2. The highest BCUT2D eigenvalue weighted by atomic mass is 32.2. The van der Waals surface area contributed by atoms with E-state index in [1.807, 2.05) is 5.32 Å². The number of nitrogens with one attached hydrogen (secondary N) is 1. The van der Waals surface area contributed by atoms with Crippen LogP contribution >= 0.6 is 0 Å². The third kappa shape index (κ3) is 5.70. The summed E-state index contributed by atoms with van der Waals surface area (Å²) in [6.07, 6.45) is 1.73. The maximum atomic E-state index is 12.0. The van der Waals surface area contributed by atoms with Gasteiger partial charge in [0.2, 0.25) is 11.8 Å². The molecule has 0 radical (unpaired) electrons. The Hall–Kier alpha value is -1.64. The lowest BCUT2D eigenvalue weighted by Gasteiger charge is -2.21. The van der Waals surface area contributed by atoms with E-state index in [1.165, 1.54) is 4.90 Å². The van der Waals surface area contributed by atoms with Crippen LogP contribution in [0.1, 0.15) is 26.7 Å². The molecule has 0 aliphatic heterocycles. The zero-order chi connectivity index (χ0) is 16.2. The molecule has 1 fully saturated rings. The van der Waals surface area contributed by atoms with E-state index in [0.717, 1.165) is 19.8 Å². The molecule has 0 aromatic rings. The molecule has 1 aliphatic rings. The van der Waals surface area contributed by atoms with E-state index in [1.54, 1.807) is 6.92 Å². The molecule has 8 nitrogen and oxygen atoms in total. The van der Waals surface area contributed by atoms with Gasteiger partial charge >= 0.3 is 5.97 Å². The number of rotatable bonds is 8. The first kappa shape index (κ1) is 17.4. The maximum Gasteiger partial charge on any atom is 0.327 e. The van der Waals surface area contributed by atoms with Crippen molar-refractivity contribution in [2.45, 2.75) is 38.8 Å². The molecule has 0 aromatic carbocycles. The Balaban J connectivity index is 2.68. The van der Waals surface area contributed by atoms with E-state index in [0.29, 0.717) is 6.54 Å². The molecule has 1 atom stereocenters. The third-order valence-corrected chi connectivity index (χ3v) is 4.62. The van der Waals surface area contributed by atoms with Crippen LogP contribution in [0, 0.1) is 0 Å². The number of carbonyl (C=O) groups excluding carboxylic acids is 2. The number of sulfone groups is 1. The van der Waals surface area contributed by atoms with E-state index < -0.39 is 45.2 Å². The summed E-state index contributed by atoms with van der Waals surface area (Å²) >= 11 is 0. The number of nitrogens with zero attached hydrogens (tertiary/aromatic N) is 1. The molecule has 21 heavy (non-hydrogen) atoms. The van der Waals surface area contributed by atoms with Crippen molar-refractivity contribution in [3.05, 3.63) is 0 Å². The number of aliphatic carboxylic acids is 1. The van der Waals surface area contributed by atoms with Crippen molar-refractivity contribution in [1.82, 2.24) is 10.2 Å². The van der Waals surface area contributed by atoms with Crippen LogP contribution in [0.4, 0.5) is 0 Å². The van der Waals surface area contributed by atoms with Gasteiger partial charge < -0.3 is 15.3 Å². The minimum atomic E-state index is -3.92. The fraction of sp³-hybridized carbons (Fsp3) is 0.750. The summed E-state index contributed by atoms with van der Waals surface area (Å²) < 4.78 is 23.9. The van der Waals surface area contributed by atoms with Crippen LogP contribution in [0.2, 0.25) is 0 Å². The molecule has 1 saturated carbocycles. The summed E-state index contributed by atoms with van der Waals surface area (Å²) in [6, 6.07) is -1.44. The first-order valence-electron chi connectivity index (χ1n) is 6.66. The lowest BCUT2D eigenvalue weighted by Crippen LogP contribution is -2.46. The van der Waals surface area contributed by atoms with Gasteiger partial charge in [-0.15, -0.1) is 0 Å². The van der Waals surface area contributed by atoms with Gasteiger partial charge in [0.05, 0.1) is 5.75 Å². The van der Waals surface area contributed by atoms with Crippen LogP contribution in [0.3, 0.4) is 0 Å². The molecule has 2 N–H and O–H groups in total. The zero-order valence-electron chi connectivity index (χ0n) is 12.0. The summed E-state index contributed by atoms with van der Waals surface area (Å²) in [4.78, 5) is 35.3. The molecule has 0 spiro atoms. The molecule has 120 valence electrons. The summed E-state index contributed by atoms with van der Waals surface area (Å²) in [5, 5.41) is 10.9. The Morgan fingerprint density at radius 3 is 2.29 bits per heavy atom. The Bertz CT molecular complexity index is 526. The average molecular weight is 320 g/mol. The van der Waals surface area contributed by atoms with Gasteiger partial charge in [-0.2, -0.15) is 0 Å². The second-order valence-electron chi connectivity index (χ2n) is 5.06. The zero-order valence-corrected chi connectivity index (χ0v) is 12.9. The van der Waals surface area contributed by atoms with Crippen LogP contribution in [0.15, 0.2) is 0 Å². The topological polar surface area (TPSA) is 121 Å². The number of hydrogen-bond acceptors (Lipinski definition) is 5. The standard InChI is InChI=1S/C12H20N2O6S/c1-3-14(9-4-5-9)11(16)7-21(19,20)6-10(12(17)18)13-8(2)15/h9-10H,3-7H2,1-2H3,(H,13,15)(H,17,18). The normalized spacial score (nSPS) is 16.1. The molecule has 1 aliphatic carbocycles. The predicted octanol–water partition coefficient (Wildman–Crippen LogP) is -0.999. The van der Waals surface area contributed by atoms with Crippen LogP contribution in [-0.2, 0) is 24.2 Å². The number of hydrogen-bond donors (Lipinski definition) is 2. The summed E-state index contributed by atoms with van der Waals surface area (Å²) in [5.74, 6) is -4.14. The summed E-state index contributed by atoms with van der Waals surface area (Å²) in [6.45, 7) is 3.28. The Labute approximate surface area is 123 Å². The predicted molar refractivity (Wildman–Crippen MR) is 74.3 cm³/mol. The molecular weight excluding hydrogens is 300 g/mol. The Morgan fingerprint density at radius 1 is 1.33 bits per heavy atom. The molecule has 0 bridgehead atoms. The summed E-state index contributed by atoms with van der Waals surface area (Å²) in [7, 11) is -3.92. The van der Waals surface area contributed by atoms with Crippen LogP contribution in [0.25, 0.3) is 0 Å². The van der Waals surface area contributed by atoms with Crippen molar-refractivity contribution in [3.8, 4) is 0 Å². The SMILES string of the molecule is CCN(C(=O)CS(=O)(=O)CC(NC(C)=O)C(=O)O)C1CC1. The van der Waals surface area contributed by atoms with Crippen LogP contribution in [-0.4, -0.2) is 66.3 Å². The highest BCUT2D eigenvalue weighted by Gasteiger charge is 2.34. The number of carboxylic acids is 1. The van der Waals surface area contributed by atoms with Crippen molar-refractivity contribution in [1.29, 1.82) is 0 Å². The maximum absolute atomic E-state index is 12.0. The molecule has 9 heteroatoms. The number of carbonyl (C=O) groups is 3. The van der Waals surface area contributed by atoms with Gasteiger partial charge in [-0.1, -0.05) is 0 Å². The van der Waals surface area contributed by atoms with Gasteiger partial charge in [0.25, 0.3) is 0 Å². The fourth-order valence-electron chi connectivity index (χ4n) is 2.03. The first-order valence-corrected chi connectivity index (χ1v) is 8.48. The van der Waals surface area contributed by atoms with Gasteiger partial charge in [-0.05, 0) is 19.8 Å². The smallest absolute Gasteiger partial charge is 0.327 e. The van der Waals surface area contributed by atoms with Gasteiger partial charge in [0, 0.05) is 19.5 Å².